The minimum atomic E-state index is -0.214. The number of piperidine rings is 1. The number of hydrogen-bond acceptors (Lipinski definition) is 5. The summed E-state index contributed by atoms with van der Waals surface area (Å²) in [5.74, 6) is 0.506. The van der Waals surface area contributed by atoms with E-state index in [0.29, 0.717) is 29.0 Å². The van der Waals surface area contributed by atoms with E-state index >= 15 is 0 Å². The minimum absolute atomic E-state index is 0.0586. The van der Waals surface area contributed by atoms with E-state index in [1.165, 1.54) is 12.5 Å². The molecule has 2 amide bonds. The Labute approximate surface area is 220 Å². The summed E-state index contributed by atoms with van der Waals surface area (Å²) in [6, 6.07) is 19.4. The van der Waals surface area contributed by atoms with Gasteiger partial charge >= 0.3 is 0 Å². The predicted molar refractivity (Wildman–Crippen MR) is 146 cm³/mol. The topological polar surface area (TPSA) is 87.5 Å². The Morgan fingerprint density at radius 1 is 1.05 bits per heavy atom. The first kappa shape index (κ1) is 25.0. The number of carbonyl (C=O) groups is 2. The standard InChI is InChI=1S/C29H29ClN4O3/c1-19(35)33-25-4-2-3-21(16-25)20-8-12-34(13-9-20)14-11-32-29(36)27-17-24-15-22(5-6-26(24)37-27)23-7-10-31-28(30)18-23/h2-7,10,15-18,20H,8-9,11-14H2,1H3,(H,32,36)(H,33,35). The van der Waals surface area contributed by atoms with Gasteiger partial charge in [0.05, 0.1) is 0 Å². The normalized spacial score (nSPS) is 14.5. The van der Waals surface area contributed by atoms with E-state index in [1.807, 2.05) is 42.5 Å². The highest BCUT2D eigenvalue weighted by Crippen LogP contribution is 2.30. The van der Waals surface area contributed by atoms with Gasteiger partial charge in [-0.1, -0.05) is 29.8 Å². The van der Waals surface area contributed by atoms with Crippen LogP contribution in [0.4, 0.5) is 5.69 Å². The van der Waals surface area contributed by atoms with Crippen LogP contribution < -0.4 is 10.6 Å². The second-order valence-corrected chi connectivity index (χ2v) is 9.80. The molecule has 3 heterocycles. The number of carbonyl (C=O) groups excluding carboxylic acids is 2. The van der Waals surface area contributed by atoms with Gasteiger partial charge in [0.1, 0.15) is 10.7 Å². The summed E-state index contributed by atoms with van der Waals surface area (Å²) >= 11 is 6.02. The Balaban J connectivity index is 1.12. The van der Waals surface area contributed by atoms with Crippen molar-refractivity contribution in [2.75, 3.05) is 31.5 Å². The summed E-state index contributed by atoms with van der Waals surface area (Å²) in [6.45, 7) is 4.81. The van der Waals surface area contributed by atoms with Crippen molar-refractivity contribution in [3.8, 4) is 11.1 Å². The van der Waals surface area contributed by atoms with E-state index in [2.05, 4.69) is 32.7 Å². The molecular weight excluding hydrogens is 488 g/mol. The largest absolute Gasteiger partial charge is 0.451 e. The molecule has 4 aromatic rings. The molecule has 2 aromatic heterocycles. The summed E-state index contributed by atoms with van der Waals surface area (Å²) in [4.78, 5) is 30.5. The van der Waals surface area contributed by atoms with Gasteiger partial charge in [0, 0.05) is 37.3 Å². The molecular formula is C29H29ClN4O3. The number of halogens is 1. The minimum Gasteiger partial charge on any atom is -0.451 e. The average molecular weight is 517 g/mol. The van der Waals surface area contributed by atoms with Crippen LogP contribution in [0.15, 0.2) is 71.3 Å². The summed E-state index contributed by atoms with van der Waals surface area (Å²) < 4.78 is 5.79. The molecule has 2 N–H and O–H groups in total. The summed E-state index contributed by atoms with van der Waals surface area (Å²) in [5, 5.41) is 7.15. The molecule has 0 radical (unpaired) electrons. The molecule has 0 atom stereocenters. The third-order valence-corrected chi connectivity index (χ3v) is 6.99. The number of furan rings is 1. The van der Waals surface area contributed by atoms with E-state index in [4.69, 9.17) is 16.0 Å². The van der Waals surface area contributed by atoms with E-state index in [0.717, 1.165) is 54.7 Å². The number of nitrogens with zero attached hydrogens (tertiary/aromatic N) is 2. The molecule has 1 aliphatic heterocycles. The van der Waals surface area contributed by atoms with Gasteiger partial charge in [-0.3, -0.25) is 9.59 Å². The molecule has 7 nitrogen and oxygen atoms in total. The molecule has 37 heavy (non-hydrogen) atoms. The van der Waals surface area contributed by atoms with Crippen LogP contribution in [0.1, 0.15) is 41.8 Å². The van der Waals surface area contributed by atoms with E-state index in [9.17, 15) is 9.59 Å². The van der Waals surface area contributed by atoms with Gasteiger partial charge in [0.15, 0.2) is 5.76 Å². The average Bonchev–Trinajstić information content (AvgIpc) is 3.33. The summed E-state index contributed by atoms with van der Waals surface area (Å²) in [5.41, 5.74) is 4.71. The van der Waals surface area contributed by atoms with Gasteiger partial charge in [0.2, 0.25) is 5.91 Å². The molecule has 1 fully saturated rings. The zero-order chi connectivity index (χ0) is 25.8. The monoisotopic (exact) mass is 516 g/mol. The first-order valence-electron chi connectivity index (χ1n) is 12.5. The van der Waals surface area contributed by atoms with Gasteiger partial charge in [-0.05, 0) is 91.0 Å². The lowest BCUT2D eigenvalue weighted by Gasteiger charge is -2.32. The molecule has 2 aromatic carbocycles. The lowest BCUT2D eigenvalue weighted by atomic mass is 9.89. The zero-order valence-corrected chi connectivity index (χ0v) is 21.4. The number of likely N-dealkylation sites (tertiary alicyclic amines) is 1. The van der Waals surface area contributed by atoms with E-state index in [-0.39, 0.29) is 11.8 Å². The van der Waals surface area contributed by atoms with Crippen molar-refractivity contribution in [1.82, 2.24) is 15.2 Å². The number of hydrogen-bond donors (Lipinski definition) is 2. The highest BCUT2D eigenvalue weighted by Gasteiger charge is 2.21. The molecule has 0 unspecified atom stereocenters. The smallest absolute Gasteiger partial charge is 0.287 e. The van der Waals surface area contributed by atoms with Crippen molar-refractivity contribution in [2.45, 2.75) is 25.7 Å². The Kier molecular flexibility index (Phi) is 7.53. The first-order chi connectivity index (χ1) is 17.9. The molecule has 0 saturated carbocycles. The van der Waals surface area contributed by atoms with Crippen LogP contribution >= 0.6 is 11.6 Å². The lowest BCUT2D eigenvalue weighted by Crippen LogP contribution is -2.39. The molecule has 1 saturated heterocycles. The highest BCUT2D eigenvalue weighted by atomic mass is 35.5. The fraction of sp³-hybridized carbons (Fsp3) is 0.276. The molecule has 8 heteroatoms. The predicted octanol–water partition coefficient (Wildman–Crippen LogP) is 5.72. The van der Waals surface area contributed by atoms with Crippen molar-refractivity contribution >= 4 is 40.1 Å². The maximum Gasteiger partial charge on any atom is 0.287 e. The van der Waals surface area contributed by atoms with Crippen LogP contribution in [-0.4, -0.2) is 47.9 Å². The summed E-state index contributed by atoms with van der Waals surface area (Å²) in [7, 11) is 0. The third-order valence-electron chi connectivity index (χ3n) is 6.78. The number of benzene rings is 2. The molecule has 5 rings (SSSR count). The van der Waals surface area contributed by atoms with Crippen LogP contribution in [-0.2, 0) is 4.79 Å². The Morgan fingerprint density at radius 2 is 1.86 bits per heavy atom. The number of pyridine rings is 1. The van der Waals surface area contributed by atoms with Crippen molar-refractivity contribution in [2.24, 2.45) is 0 Å². The Bertz CT molecular complexity index is 1430. The quantitative estimate of drug-likeness (QED) is 0.307. The van der Waals surface area contributed by atoms with Crippen molar-refractivity contribution in [3.63, 3.8) is 0 Å². The van der Waals surface area contributed by atoms with Crippen LogP contribution in [0.3, 0.4) is 0 Å². The fourth-order valence-corrected chi connectivity index (χ4v) is 5.07. The molecule has 0 aliphatic carbocycles. The second kappa shape index (κ2) is 11.2. The maximum absolute atomic E-state index is 12.7. The summed E-state index contributed by atoms with van der Waals surface area (Å²) in [6.07, 6.45) is 3.77. The van der Waals surface area contributed by atoms with E-state index in [1.54, 1.807) is 12.3 Å². The van der Waals surface area contributed by atoms with Gasteiger partial charge in [-0.25, -0.2) is 4.98 Å². The Hall–Kier alpha value is -3.68. The number of anilines is 1. The zero-order valence-electron chi connectivity index (χ0n) is 20.7. The van der Waals surface area contributed by atoms with E-state index < -0.39 is 0 Å². The van der Waals surface area contributed by atoms with Crippen molar-refractivity contribution in [3.05, 3.63) is 83.3 Å². The fourth-order valence-electron chi connectivity index (χ4n) is 4.90. The second-order valence-electron chi connectivity index (χ2n) is 9.41. The molecule has 0 bridgehead atoms. The third kappa shape index (κ3) is 6.18. The number of fused-ring (bicyclic) bond motifs is 1. The van der Waals surface area contributed by atoms with Gasteiger partial charge in [0.25, 0.3) is 5.91 Å². The number of rotatable bonds is 7. The van der Waals surface area contributed by atoms with Crippen LogP contribution in [0, 0.1) is 0 Å². The molecule has 1 aliphatic rings. The maximum atomic E-state index is 12.7. The SMILES string of the molecule is CC(=O)Nc1cccc(C2CCN(CCNC(=O)c3cc4cc(-c5ccnc(Cl)c5)ccc4o3)CC2)c1. The Morgan fingerprint density at radius 3 is 2.65 bits per heavy atom. The molecule has 0 spiro atoms. The number of nitrogens with one attached hydrogen (secondary N) is 2. The van der Waals surface area contributed by atoms with Gasteiger partial charge in [-0.2, -0.15) is 0 Å². The molecule has 190 valence electrons. The van der Waals surface area contributed by atoms with Gasteiger partial charge < -0.3 is 20.0 Å². The van der Waals surface area contributed by atoms with Crippen LogP contribution in [0.5, 0.6) is 0 Å². The van der Waals surface area contributed by atoms with Crippen LogP contribution in [0.2, 0.25) is 5.15 Å². The lowest BCUT2D eigenvalue weighted by molar-refractivity contribution is -0.114. The van der Waals surface area contributed by atoms with Gasteiger partial charge in [-0.15, -0.1) is 0 Å². The number of aromatic nitrogens is 1. The van der Waals surface area contributed by atoms with Crippen molar-refractivity contribution < 1.29 is 14.0 Å². The highest BCUT2D eigenvalue weighted by molar-refractivity contribution is 6.29. The van der Waals surface area contributed by atoms with Crippen molar-refractivity contribution in [1.29, 1.82) is 0 Å². The number of amides is 2. The first-order valence-corrected chi connectivity index (χ1v) is 12.9. The van der Waals surface area contributed by atoms with Crippen LogP contribution in [0.25, 0.3) is 22.1 Å².